The van der Waals surface area contributed by atoms with Crippen molar-refractivity contribution >= 4 is 26.5 Å². The molecule has 2 aromatic rings. The lowest BCUT2D eigenvalue weighted by Crippen LogP contribution is -2.43. The highest BCUT2D eigenvalue weighted by Gasteiger charge is 2.26. The Morgan fingerprint density at radius 2 is 1.41 bits per heavy atom. The van der Waals surface area contributed by atoms with Crippen molar-refractivity contribution in [2.45, 2.75) is 38.6 Å². The second-order valence-electron chi connectivity index (χ2n) is 6.75. The van der Waals surface area contributed by atoms with E-state index in [0.29, 0.717) is 11.1 Å². The van der Waals surface area contributed by atoms with E-state index in [4.69, 9.17) is 0 Å². The molecule has 0 saturated heterocycles. The van der Waals surface area contributed by atoms with Gasteiger partial charge in [0.1, 0.15) is 0 Å². The van der Waals surface area contributed by atoms with Gasteiger partial charge in [-0.1, -0.05) is 73.5 Å². The number of benzene rings is 2. The Labute approximate surface area is 160 Å². The number of allylic oxidation sites excluding steroid dienone is 1. The van der Waals surface area contributed by atoms with Crippen LogP contribution in [0.15, 0.2) is 60.7 Å². The third kappa shape index (κ3) is 4.77. The number of sulfonamides is 1. The van der Waals surface area contributed by atoms with Crippen LogP contribution in [-0.2, 0) is 10.0 Å². The van der Waals surface area contributed by atoms with E-state index in [0.717, 1.165) is 31.2 Å². The van der Waals surface area contributed by atoms with Crippen LogP contribution in [0.1, 0.15) is 43.7 Å². The Balaban J connectivity index is 1.95. The fraction of sp³-hybridized carbons (Fsp3) is 0.286. The highest BCUT2D eigenvalue weighted by molar-refractivity contribution is 7.99. The first-order chi connectivity index (χ1) is 13.0. The zero-order chi connectivity index (χ0) is 19.3. The minimum absolute atomic E-state index is 0.0413. The Morgan fingerprint density at radius 3 is 1.96 bits per heavy atom. The minimum Gasteiger partial charge on any atom is -0.335 e. The molecule has 0 radical (unpaired) electrons. The quantitative estimate of drug-likeness (QED) is 0.761. The fourth-order valence-corrected chi connectivity index (χ4v) is 4.81. The van der Waals surface area contributed by atoms with Crippen LogP contribution in [0, 0.1) is 0 Å². The number of hydrogen-bond donors (Lipinski definition) is 2. The summed E-state index contributed by atoms with van der Waals surface area (Å²) in [5.41, 5.74) is 1.92. The Bertz CT molecular complexity index is 916. The number of nitrogens with one attached hydrogen (secondary N) is 2. The Kier molecular flexibility index (Phi) is 5.96. The van der Waals surface area contributed by atoms with Crippen molar-refractivity contribution in [2.75, 3.05) is 0 Å². The number of carbonyl (C=O) groups excluding carboxylic acids is 1. The third-order valence-electron chi connectivity index (χ3n) is 4.77. The van der Waals surface area contributed by atoms with E-state index in [-0.39, 0.29) is 10.9 Å². The van der Waals surface area contributed by atoms with Crippen molar-refractivity contribution in [3.63, 3.8) is 0 Å². The summed E-state index contributed by atoms with van der Waals surface area (Å²) in [7, 11) is -4.05. The molecule has 1 fully saturated rings. The maximum absolute atomic E-state index is 13.1. The van der Waals surface area contributed by atoms with Crippen LogP contribution in [0.5, 0.6) is 0 Å². The first kappa shape index (κ1) is 19.2. The summed E-state index contributed by atoms with van der Waals surface area (Å²) in [6.45, 7) is 1.76. The predicted octanol–water partition coefficient (Wildman–Crippen LogP) is 4.15. The number of rotatable bonds is 5. The van der Waals surface area contributed by atoms with E-state index in [1.807, 2.05) is 36.4 Å². The summed E-state index contributed by atoms with van der Waals surface area (Å²) in [6.07, 6.45) is 3.88. The molecule has 5 nitrogen and oxygen atoms in total. The molecule has 142 valence electrons. The van der Waals surface area contributed by atoms with Crippen LogP contribution in [0.2, 0.25) is 0 Å². The fourth-order valence-electron chi connectivity index (χ4n) is 3.44. The molecule has 1 saturated carbocycles. The van der Waals surface area contributed by atoms with Crippen molar-refractivity contribution < 1.29 is 13.2 Å². The van der Waals surface area contributed by atoms with Gasteiger partial charge < -0.3 is 5.32 Å². The van der Waals surface area contributed by atoms with Gasteiger partial charge in [-0.2, -0.15) is 0 Å². The third-order valence-corrected chi connectivity index (χ3v) is 6.30. The van der Waals surface area contributed by atoms with E-state index in [1.54, 1.807) is 31.2 Å². The molecule has 0 heterocycles. The van der Waals surface area contributed by atoms with Gasteiger partial charge in [0.25, 0.3) is 10.0 Å². The van der Waals surface area contributed by atoms with Gasteiger partial charge in [0.15, 0.2) is 0 Å². The lowest BCUT2D eigenvalue weighted by Gasteiger charge is -2.17. The normalized spacial score (nSPS) is 15.9. The lowest BCUT2D eigenvalue weighted by molar-refractivity contribution is 0.242. The van der Waals surface area contributed by atoms with Gasteiger partial charge in [0.2, 0.25) is 0 Å². The molecule has 1 aliphatic rings. The van der Waals surface area contributed by atoms with Gasteiger partial charge in [-0.05, 0) is 36.5 Å². The topological polar surface area (TPSA) is 75.3 Å². The van der Waals surface area contributed by atoms with E-state index < -0.39 is 16.1 Å². The first-order valence-electron chi connectivity index (χ1n) is 9.12. The average Bonchev–Trinajstić information content (AvgIpc) is 3.15. The number of hydrogen-bond acceptors (Lipinski definition) is 3. The van der Waals surface area contributed by atoms with Crippen LogP contribution < -0.4 is 10.0 Å². The number of urea groups is 1. The molecule has 0 unspecified atom stereocenters. The SMILES string of the molecule is C/C(=C(/c1ccccc1)S(=O)(=O)NC(=O)NC1CCCC1)c1ccccc1. The van der Waals surface area contributed by atoms with Crippen molar-refractivity contribution in [3.8, 4) is 0 Å². The van der Waals surface area contributed by atoms with Gasteiger partial charge in [-0.3, -0.25) is 0 Å². The van der Waals surface area contributed by atoms with Gasteiger partial charge in [-0.15, -0.1) is 0 Å². The van der Waals surface area contributed by atoms with Crippen molar-refractivity contribution in [1.82, 2.24) is 10.0 Å². The monoisotopic (exact) mass is 384 g/mol. The standard InChI is InChI=1S/C21H24N2O3S/c1-16(17-10-4-2-5-11-17)20(18-12-6-3-7-13-18)27(25,26)23-21(24)22-19-14-8-9-15-19/h2-7,10-13,19H,8-9,14-15H2,1H3,(H2,22,23,24)/b20-16+. The summed E-state index contributed by atoms with van der Waals surface area (Å²) in [4.78, 5) is 12.4. The van der Waals surface area contributed by atoms with Crippen molar-refractivity contribution in [3.05, 3.63) is 71.8 Å². The van der Waals surface area contributed by atoms with Crippen molar-refractivity contribution in [2.24, 2.45) is 0 Å². The van der Waals surface area contributed by atoms with Gasteiger partial charge in [-0.25, -0.2) is 17.9 Å². The van der Waals surface area contributed by atoms with E-state index in [2.05, 4.69) is 10.0 Å². The molecule has 6 heteroatoms. The predicted molar refractivity (Wildman–Crippen MR) is 108 cm³/mol. The van der Waals surface area contributed by atoms with Crippen LogP contribution in [0.25, 0.3) is 10.5 Å². The Morgan fingerprint density at radius 1 is 0.889 bits per heavy atom. The minimum atomic E-state index is -4.05. The molecule has 3 rings (SSSR count). The van der Waals surface area contributed by atoms with E-state index in [9.17, 15) is 13.2 Å². The van der Waals surface area contributed by atoms with Crippen LogP contribution >= 0.6 is 0 Å². The summed E-state index contributed by atoms with van der Waals surface area (Å²) in [6, 6.07) is 17.5. The van der Waals surface area contributed by atoms with Crippen LogP contribution in [0.3, 0.4) is 0 Å². The smallest absolute Gasteiger partial charge is 0.328 e. The summed E-state index contributed by atoms with van der Waals surface area (Å²) in [5.74, 6) is 0. The molecule has 0 aromatic heterocycles. The molecule has 0 atom stereocenters. The van der Waals surface area contributed by atoms with Crippen LogP contribution in [-0.4, -0.2) is 20.5 Å². The molecule has 1 aliphatic carbocycles. The van der Waals surface area contributed by atoms with E-state index in [1.165, 1.54) is 0 Å². The molecule has 0 spiro atoms. The maximum Gasteiger partial charge on any atom is 0.328 e. The molecular weight excluding hydrogens is 360 g/mol. The molecule has 2 aromatic carbocycles. The van der Waals surface area contributed by atoms with E-state index >= 15 is 0 Å². The Hall–Kier alpha value is -2.60. The maximum atomic E-state index is 13.1. The summed E-state index contributed by atoms with van der Waals surface area (Å²) in [5, 5.41) is 2.77. The molecule has 0 bridgehead atoms. The number of carbonyl (C=O) groups is 1. The first-order valence-corrected chi connectivity index (χ1v) is 10.6. The van der Waals surface area contributed by atoms with Crippen LogP contribution in [0.4, 0.5) is 4.79 Å². The molecule has 27 heavy (non-hydrogen) atoms. The zero-order valence-corrected chi connectivity index (χ0v) is 16.1. The van der Waals surface area contributed by atoms with Crippen molar-refractivity contribution in [1.29, 1.82) is 0 Å². The molecular formula is C21H24N2O3S. The lowest BCUT2D eigenvalue weighted by atomic mass is 10.0. The summed E-state index contributed by atoms with van der Waals surface area (Å²) < 4.78 is 28.4. The van der Waals surface area contributed by atoms with Gasteiger partial charge >= 0.3 is 6.03 Å². The second-order valence-corrected chi connectivity index (χ2v) is 8.37. The largest absolute Gasteiger partial charge is 0.335 e. The number of amides is 2. The highest BCUT2D eigenvalue weighted by Crippen LogP contribution is 2.30. The molecule has 0 aliphatic heterocycles. The molecule has 2 N–H and O–H groups in total. The highest BCUT2D eigenvalue weighted by atomic mass is 32.2. The molecule has 2 amide bonds. The van der Waals surface area contributed by atoms with Gasteiger partial charge in [0, 0.05) is 6.04 Å². The zero-order valence-electron chi connectivity index (χ0n) is 15.3. The van der Waals surface area contributed by atoms with Gasteiger partial charge in [0.05, 0.1) is 4.91 Å². The average molecular weight is 385 g/mol. The second kappa shape index (κ2) is 8.39. The summed E-state index contributed by atoms with van der Waals surface area (Å²) >= 11 is 0.